The summed E-state index contributed by atoms with van der Waals surface area (Å²) in [5, 5.41) is 2.80. The van der Waals surface area contributed by atoms with Gasteiger partial charge in [-0.15, -0.1) is 22.7 Å². The van der Waals surface area contributed by atoms with Crippen molar-refractivity contribution >= 4 is 63.0 Å². The fourth-order valence-corrected chi connectivity index (χ4v) is 8.70. The molecule has 0 aliphatic carbocycles. The van der Waals surface area contributed by atoms with Gasteiger partial charge in [-0.05, 0) is 46.5 Å². The topological polar surface area (TPSA) is 38.7 Å². The van der Waals surface area contributed by atoms with Crippen LogP contribution in [0.2, 0.25) is 0 Å². The van der Waals surface area contributed by atoms with Gasteiger partial charge in [-0.1, -0.05) is 139 Å². The molecule has 0 saturated heterocycles. The number of benzene rings is 7. The van der Waals surface area contributed by atoms with Crippen LogP contribution in [-0.2, 0) is 0 Å². The van der Waals surface area contributed by atoms with E-state index >= 15 is 0 Å². The van der Waals surface area contributed by atoms with E-state index in [0.717, 1.165) is 48.0 Å². The maximum atomic E-state index is 9.62. The van der Waals surface area contributed by atoms with E-state index in [4.69, 9.17) is 19.1 Å². The summed E-state index contributed by atoms with van der Waals surface area (Å²) in [6.07, 6.45) is 0. The molecule has 3 aromatic heterocycles. The molecule has 0 saturated carbocycles. The lowest BCUT2D eigenvalue weighted by atomic mass is 10.0. The molecule has 0 aliphatic rings. The predicted molar refractivity (Wildman–Crippen MR) is 213 cm³/mol. The van der Waals surface area contributed by atoms with Crippen LogP contribution in [0.3, 0.4) is 0 Å². The molecule has 0 radical (unpaired) electrons. The van der Waals surface area contributed by atoms with Gasteiger partial charge in [0.1, 0.15) is 0 Å². The Kier molecular flexibility index (Phi) is 5.54. The third-order valence-electron chi connectivity index (χ3n) is 8.85. The molecule has 0 unspecified atom stereocenters. The molecule has 3 nitrogen and oxygen atoms in total. The highest BCUT2D eigenvalue weighted by molar-refractivity contribution is 7.26. The van der Waals surface area contributed by atoms with E-state index in [-0.39, 0.29) is 53.0 Å². The highest BCUT2D eigenvalue weighted by atomic mass is 32.1. The number of rotatable bonds is 5. The number of fused-ring (bicyclic) bond motifs is 6. The summed E-state index contributed by atoms with van der Waals surface area (Å²) >= 11 is 2.86. The van der Waals surface area contributed by atoms with Crippen LogP contribution in [0, 0.1) is 0 Å². The SMILES string of the molecule is [2H]c1c([2H])c([2H])c2c(sc3c([2H])c(-c4nc(-c5ccccc5)nc(-c5cccc(-c6ccccc6)c5)n4)c([2H])c([2H])c32)c1-c1ccc2c(c1)sc1ccccc12. The first-order valence-electron chi connectivity index (χ1n) is 19.1. The quantitative estimate of drug-likeness (QED) is 0.182. The zero-order valence-corrected chi connectivity index (χ0v) is 27.9. The van der Waals surface area contributed by atoms with Crippen molar-refractivity contribution in [2.75, 3.05) is 0 Å². The first kappa shape index (κ1) is 23.4. The molecule has 10 rings (SSSR count). The molecule has 0 spiro atoms. The van der Waals surface area contributed by atoms with Crippen LogP contribution >= 0.6 is 22.7 Å². The highest BCUT2D eigenvalue weighted by Gasteiger charge is 2.16. The van der Waals surface area contributed by atoms with Gasteiger partial charge >= 0.3 is 0 Å². The summed E-state index contributed by atoms with van der Waals surface area (Å²) in [4.78, 5) is 14.6. The fraction of sp³-hybridized carbons (Fsp3) is 0. The summed E-state index contributed by atoms with van der Waals surface area (Å²) in [5.41, 5.74) is 4.73. The van der Waals surface area contributed by atoms with E-state index < -0.39 is 0 Å². The lowest BCUT2D eigenvalue weighted by molar-refractivity contribution is 1.07. The minimum atomic E-state index is -0.266. The van der Waals surface area contributed by atoms with E-state index in [2.05, 4.69) is 12.1 Å². The molecule has 10 aromatic rings. The van der Waals surface area contributed by atoms with Crippen molar-refractivity contribution in [3.05, 3.63) is 164 Å². The van der Waals surface area contributed by atoms with Gasteiger partial charge in [-0.2, -0.15) is 0 Å². The van der Waals surface area contributed by atoms with E-state index in [1.807, 2.05) is 115 Å². The van der Waals surface area contributed by atoms with Crippen LogP contribution in [0.5, 0.6) is 0 Å². The third kappa shape index (κ3) is 4.98. The average molecular weight is 680 g/mol. The molecule has 0 N–H and O–H groups in total. The van der Waals surface area contributed by atoms with Gasteiger partial charge in [0.05, 0.1) is 8.22 Å². The second-order valence-electron chi connectivity index (χ2n) is 11.9. The van der Waals surface area contributed by atoms with Crippen LogP contribution in [0.15, 0.2) is 164 Å². The number of nitrogens with zero attached hydrogens (tertiary/aromatic N) is 3. The smallest absolute Gasteiger partial charge is 0.164 e. The van der Waals surface area contributed by atoms with Crippen LogP contribution in [0.1, 0.15) is 8.22 Å². The standard InChI is InChI=1S/C45H27N3S2/c1-3-11-28(12-4-1)30-15-9-16-32(25-30)44-46-43(29-13-5-2-6-14-29)47-45(48-44)33-22-24-37-38-19-10-18-34(42(38)50-41(37)27-33)31-21-23-36-35-17-7-8-20-39(35)49-40(36)26-31/h1-27H/i10D,18D,19D,22D,24D,27D. The Morgan fingerprint density at radius 2 is 1.08 bits per heavy atom. The molecular formula is C45H27N3S2. The Hall–Kier alpha value is -6.01. The Bertz CT molecular complexity index is 3220. The van der Waals surface area contributed by atoms with Gasteiger partial charge in [0.2, 0.25) is 0 Å². The molecular weight excluding hydrogens is 647 g/mol. The Labute approximate surface area is 305 Å². The lowest BCUT2D eigenvalue weighted by Crippen LogP contribution is -2.00. The van der Waals surface area contributed by atoms with Crippen molar-refractivity contribution in [1.29, 1.82) is 0 Å². The van der Waals surface area contributed by atoms with Crippen LogP contribution in [0.4, 0.5) is 0 Å². The van der Waals surface area contributed by atoms with Gasteiger partial charge < -0.3 is 0 Å². The summed E-state index contributed by atoms with van der Waals surface area (Å²) in [7, 11) is 0. The monoisotopic (exact) mass is 679 g/mol. The summed E-state index contributed by atoms with van der Waals surface area (Å²) < 4.78 is 58.4. The molecule has 5 heteroatoms. The van der Waals surface area contributed by atoms with Gasteiger partial charge in [0.15, 0.2) is 17.5 Å². The molecule has 0 aliphatic heterocycles. The van der Waals surface area contributed by atoms with E-state index in [0.29, 0.717) is 32.0 Å². The Morgan fingerprint density at radius 3 is 1.92 bits per heavy atom. The normalized spacial score (nSPS) is 13.3. The van der Waals surface area contributed by atoms with Gasteiger partial charge in [0, 0.05) is 57.0 Å². The fourth-order valence-electron chi connectivity index (χ4n) is 6.41. The maximum Gasteiger partial charge on any atom is 0.164 e. The molecule has 7 aromatic carbocycles. The number of hydrogen-bond donors (Lipinski definition) is 0. The number of hydrogen-bond acceptors (Lipinski definition) is 5. The van der Waals surface area contributed by atoms with Crippen molar-refractivity contribution in [2.45, 2.75) is 0 Å². The first-order valence-corrected chi connectivity index (χ1v) is 17.7. The number of thiophene rings is 2. The minimum Gasteiger partial charge on any atom is -0.208 e. The summed E-state index contributed by atoms with van der Waals surface area (Å²) in [6, 6.07) is 40.5. The molecule has 0 atom stereocenters. The van der Waals surface area contributed by atoms with Crippen LogP contribution in [-0.4, -0.2) is 15.0 Å². The van der Waals surface area contributed by atoms with E-state index in [1.165, 1.54) is 11.3 Å². The number of aromatic nitrogens is 3. The first-order chi connectivity index (χ1) is 27.3. The maximum absolute atomic E-state index is 9.62. The zero-order chi connectivity index (χ0) is 38.2. The second-order valence-corrected chi connectivity index (χ2v) is 14.0. The van der Waals surface area contributed by atoms with Crippen molar-refractivity contribution < 1.29 is 8.22 Å². The Morgan fingerprint density at radius 1 is 0.400 bits per heavy atom. The molecule has 0 fully saturated rings. The van der Waals surface area contributed by atoms with Crippen molar-refractivity contribution in [3.63, 3.8) is 0 Å². The molecule has 0 bridgehead atoms. The highest BCUT2D eigenvalue weighted by Crippen LogP contribution is 2.43. The van der Waals surface area contributed by atoms with E-state index in [9.17, 15) is 4.11 Å². The summed E-state index contributed by atoms with van der Waals surface area (Å²) in [6.45, 7) is 0. The average Bonchev–Trinajstić information content (AvgIpc) is 3.82. The van der Waals surface area contributed by atoms with Crippen molar-refractivity contribution in [1.82, 2.24) is 15.0 Å². The van der Waals surface area contributed by atoms with Crippen LogP contribution in [0.25, 0.3) is 96.8 Å². The zero-order valence-electron chi connectivity index (χ0n) is 32.3. The molecule has 3 heterocycles. The largest absolute Gasteiger partial charge is 0.208 e. The minimum absolute atomic E-state index is 0.0558. The predicted octanol–water partition coefficient (Wildman–Crippen LogP) is 12.9. The third-order valence-corrected chi connectivity index (χ3v) is 11.1. The Balaban J connectivity index is 1.21. The van der Waals surface area contributed by atoms with E-state index in [1.54, 1.807) is 11.3 Å². The molecule has 50 heavy (non-hydrogen) atoms. The van der Waals surface area contributed by atoms with Crippen molar-refractivity contribution in [2.24, 2.45) is 0 Å². The lowest BCUT2D eigenvalue weighted by Gasteiger charge is -2.10. The molecule has 234 valence electrons. The van der Waals surface area contributed by atoms with Crippen LogP contribution < -0.4 is 0 Å². The van der Waals surface area contributed by atoms with Gasteiger partial charge in [-0.25, -0.2) is 15.0 Å². The molecule has 0 amide bonds. The van der Waals surface area contributed by atoms with Gasteiger partial charge in [0.25, 0.3) is 0 Å². The second kappa shape index (κ2) is 11.8. The summed E-state index contributed by atoms with van der Waals surface area (Å²) in [5.74, 6) is 0.812. The van der Waals surface area contributed by atoms with Crippen molar-refractivity contribution in [3.8, 4) is 56.4 Å². The van der Waals surface area contributed by atoms with Gasteiger partial charge in [-0.3, -0.25) is 0 Å².